The van der Waals surface area contributed by atoms with Crippen LogP contribution in [-0.4, -0.2) is 71.0 Å². The Morgan fingerprint density at radius 1 is 0.920 bits per heavy atom. The summed E-state index contributed by atoms with van der Waals surface area (Å²) >= 11 is 13.7. The van der Waals surface area contributed by atoms with Crippen molar-refractivity contribution in [1.82, 2.24) is 24.9 Å². The number of nitrogens with zero attached hydrogens (tertiary/aromatic N) is 8. The average molecular weight is 741 g/mol. The van der Waals surface area contributed by atoms with Crippen molar-refractivity contribution >= 4 is 78.8 Å². The molecule has 0 atom stereocenters. The molecule has 0 unspecified atom stereocenters. The zero-order valence-corrected chi connectivity index (χ0v) is 29.4. The van der Waals surface area contributed by atoms with Gasteiger partial charge in [-0.2, -0.15) is 19.6 Å². The first-order valence-electron chi connectivity index (χ1n) is 15.5. The normalized spacial score (nSPS) is 11.2. The van der Waals surface area contributed by atoms with Gasteiger partial charge in [0.05, 0.1) is 28.5 Å². The summed E-state index contributed by atoms with van der Waals surface area (Å²) in [5.74, 6) is 0.790. The molecule has 0 saturated heterocycles. The zero-order chi connectivity index (χ0) is 35.3. The molecule has 0 aliphatic rings. The largest absolute Gasteiger partial charge is 0.461 e. The number of fused-ring (bicyclic) bond motifs is 1. The number of para-hydroxylation sites is 1. The van der Waals surface area contributed by atoms with Gasteiger partial charge in [0.25, 0.3) is 0 Å². The van der Waals surface area contributed by atoms with Gasteiger partial charge in [-0.25, -0.2) is 9.97 Å². The van der Waals surface area contributed by atoms with E-state index in [1.54, 1.807) is 19.1 Å². The second kappa shape index (κ2) is 18.3. The topological polar surface area (TPSA) is 177 Å². The number of rotatable bonds is 18. The predicted octanol–water partition coefficient (Wildman–Crippen LogP) is 8.01. The van der Waals surface area contributed by atoms with Crippen LogP contribution >= 0.6 is 34.5 Å². The number of halogens is 3. The fraction of sp³-hybridized carbons (Fsp3) is 0.312. The molecule has 50 heavy (non-hydrogen) atoms. The maximum atomic E-state index is 13.9. The molecule has 0 amide bonds. The molecule has 0 radical (unpaired) electrons. The summed E-state index contributed by atoms with van der Waals surface area (Å²) in [7, 11) is 0. The Labute approximate surface area is 301 Å². The third kappa shape index (κ3) is 10.1. The Bertz CT molecular complexity index is 1980. The molecule has 0 saturated carbocycles. The molecule has 3 N–H and O–H groups in total. The van der Waals surface area contributed by atoms with Crippen molar-refractivity contribution in [2.45, 2.75) is 20.3 Å². The van der Waals surface area contributed by atoms with Crippen molar-refractivity contribution in [3.05, 3.63) is 69.7 Å². The first-order chi connectivity index (χ1) is 24.3. The van der Waals surface area contributed by atoms with Crippen molar-refractivity contribution in [3.63, 3.8) is 0 Å². The van der Waals surface area contributed by atoms with E-state index in [4.69, 9.17) is 42.4 Å². The highest BCUT2D eigenvalue weighted by atomic mass is 35.5. The first-order valence-corrected chi connectivity index (χ1v) is 17.0. The van der Waals surface area contributed by atoms with Crippen molar-refractivity contribution in [2.24, 2.45) is 10.2 Å². The number of nitriles is 1. The second-order valence-corrected chi connectivity index (χ2v) is 12.1. The van der Waals surface area contributed by atoms with Crippen LogP contribution in [-0.2, 0) is 9.47 Å². The minimum Gasteiger partial charge on any atom is -0.461 e. The number of anilines is 4. The Balaban J connectivity index is 1.23. The van der Waals surface area contributed by atoms with Crippen molar-refractivity contribution in [2.75, 3.05) is 62.1 Å². The number of nitrogens with one attached hydrogen (secondary N) is 3. The van der Waals surface area contributed by atoms with E-state index in [-0.39, 0.29) is 31.8 Å². The van der Waals surface area contributed by atoms with Crippen LogP contribution in [0.2, 0.25) is 10.0 Å². The Morgan fingerprint density at radius 2 is 1.76 bits per heavy atom. The predicted molar refractivity (Wildman–Crippen MR) is 191 cm³/mol. The number of hydrogen-bond acceptors (Lipinski definition) is 15. The van der Waals surface area contributed by atoms with Gasteiger partial charge in [0, 0.05) is 42.6 Å². The fourth-order valence-corrected chi connectivity index (χ4v) is 5.95. The van der Waals surface area contributed by atoms with Gasteiger partial charge in [0.15, 0.2) is 11.6 Å². The molecule has 0 aliphatic heterocycles. The highest BCUT2D eigenvalue weighted by Crippen LogP contribution is 2.38. The smallest absolute Gasteiger partial charge is 0.323 e. The Hall–Kier alpha value is -4.79. The van der Waals surface area contributed by atoms with Crippen LogP contribution in [0.3, 0.4) is 0 Å². The molecule has 260 valence electrons. The summed E-state index contributed by atoms with van der Waals surface area (Å²) in [6.45, 7) is 6.19. The van der Waals surface area contributed by atoms with Crippen LogP contribution in [0.4, 0.5) is 38.5 Å². The molecule has 0 spiro atoms. The van der Waals surface area contributed by atoms with Crippen molar-refractivity contribution < 1.29 is 18.6 Å². The monoisotopic (exact) mass is 739 g/mol. The summed E-state index contributed by atoms with van der Waals surface area (Å²) in [4.78, 5) is 20.5. The maximum absolute atomic E-state index is 13.9. The molecule has 3 aromatic heterocycles. The number of hydrogen-bond donors (Lipinski definition) is 3. The van der Waals surface area contributed by atoms with Gasteiger partial charge in [0.1, 0.15) is 23.9 Å². The molecular formula is C32H32Cl2FN11O3S. The number of pyridine rings is 1. The molecule has 5 aromatic rings. The highest BCUT2D eigenvalue weighted by Gasteiger charge is 2.18. The van der Waals surface area contributed by atoms with E-state index in [0.717, 1.165) is 10.4 Å². The number of azo groups is 1. The van der Waals surface area contributed by atoms with Crippen LogP contribution < -0.4 is 20.7 Å². The van der Waals surface area contributed by atoms with Crippen LogP contribution in [0.15, 0.2) is 52.7 Å². The number of thiazole rings is 1. The minimum absolute atomic E-state index is 0.0729. The van der Waals surface area contributed by atoms with Crippen LogP contribution in [0.25, 0.3) is 10.2 Å². The molecule has 18 heteroatoms. The molecule has 14 nitrogen and oxygen atoms in total. The fourth-order valence-electron chi connectivity index (χ4n) is 4.44. The number of aromatic nitrogens is 5. The van der Waals surface area contributed by atoms with Gasteiger partial charge in [-0.3, -0.25) is 0 Å². The lowest BCUT2D eigenvalue weighted by molar-refractivity contribution is 0.103. The summed E-state index contributed by atoms with van der Waals surface area (Å²) in [6.07, 6.45) is -0.247. The minimum atomic E-state index is -0.956. The molecular weight excluding hydrogens is 708 g/mol. The van der Waals surface area contributed by atoms with E-state index in [9.17, 15) is 9.65 Å². The summed E-state index contributed by atoms with van der Waals surface area (Å²) in [5.41, 5.74) is 2.53. The standard InChI is InChI=1S/C32H32Cl2FN11O3S/c1-3-47-12-7-10-38-30-42-29(35)43-31(44-30)49-15-14-48-13-11-37-28-25(45-46-32-40-26-23(34)16-20(33)17-24(26)50-32)19(2)22(18-36)27(41-28)39-21-8-5-4-6-9-21/h4-6,8-9,16-17H,3,7,10-15H2,1-2H3,(H2,37,39,41)(H,38,42,43,44). The molecule has 0 fully saturated rings. The van der Waals surface area contributed by atoms with Gasteiger partial charge in [-0.15, -0.1) is 15.2 Å². The van der Waals surface area contributed by atoms with Gasteiger partial charge in [-0.1, -0.05) is 52.7 Å². The molecule has 5 rings (SSSR count). The summed E-state index contributed by atoms with van der Waals surface area (Å²) in [5, 5.41) is 29.5. The van der Waals surface area contributed by atoms with E-state index in [2.05, 4.69) is 52.2 Å². The van der Waals surface area contributed by atoms with E-state index < -0.39 is 6.08 Å². The lowest BCUT2D eigenvalue weighted by atomic mass is 10.1. The van der Waals surface area contributed by atoms with E-state index in [0.29, 0.717) is 81.9 Å². The Morgan fingerprint density at radius 3 is 2.56 bits per heavy atom. The van der Waals surface area contributed by atoms with Crippen LogP contribution in [0.5, 0.6) is 6.01 Å². The molecule has 3 heterocycles. The molecule has 2 aromatic carbocycles. The van der Waals surface area contributed by atoms with Gasteiger partial charge >= 0.3 is 12.1 Å². The zero-order valence-electron chi connectivity index (χ0n) is 27.0. The Kier molecular flexibility index (Phi) is 13.3. The van der Waals surface area contributed by atoms with Gasteiger partial charge in [-0.05, 0) is 44.5 Å². The first kappa shape index (κ1) is 36.5. The molecule has 0 bridgehead atoms. The average Bonchev–Trinajstić information content (AvgIpc) is 3.51. The summed E-state index contributed by atoms with van der Waals surface area (Å²) in [6, 6.07) is 14.8. The maximum Gasteiger partial charge on any atom is 0.323 e. The van der Waals surface area contributed by atoms with Gasteiger partial charge < -0.3 is 30.2 Å². The van der Waals surface area contributed by atoms with Crippen molar-refractivity contribution in [1.29, 1.82) is 5.26 Å². The quantitative estimate of drug-likeness (QED) is 0.0584. The van der Waals surface area contributed by atoms with E-state index in [1.165, 1.54) is 11.3 Å². The lowest BCUT2D eigenvalue weighted by Gasteiger charge is -2.15. The van der Waals surface area contributed by atoms with Gasteiger partial charge in [0.2, 0.25) is 11.1 Å². The lowest BCUT2D eigenvalue weighted by Crippen LogP contribution is -2.16. The second-order valence-electron chi connectivity index (χ2n) is 10.3. The third-order valence-electron chi connectivity index (χ3n) is 6.74. The van der Waals surface area contributed by atoms with E-state index in [1.807, 2.05) is 37.3 Å². The summed E-state index contributed by atoms with van der Waals surface area (Å²) < 4.78 is 31.1. The highest BCUT2D eigenvalue weighted by molar-refractivity contribution is 7.22. The van der Waals surface area contributed by atoms with Crippen LogP contribution in [0, 0.1) is 24.3 Å². The van der Waals surface area contributed by atoms with E-state index >= 15 is 0 Å². The number of ether oxygens (including phenoxy) is 3. The third-order valence-corrected chi connectivity index (χ3v) is 8.13. The van der Waals surface area contributed by atoms with Crippen molar-refractivity contribution in [3.8, 4) is 12.1 Å². The van der Waals surface area contributed by atoms with Crippen LogP contribution in [0.1, 0.15) is 24.5 Å². The number of benzene rings is 2. The molecule has 0 aliphatic carbocycles. The SMILES string of the molecule is CCOCCCNc1nc(F)nc(OCCOCCNc2nc(Nc3ccccc3)c(C#N)c(C)c2N=Nc2nc3c(Cl)cc(Cl)cc3s2)n1.